The SMILES string of the molecule is CC(CC(F)(F)F)Nc1nc(NN)ncc1Cl. The maximum atomic E-state index is 12.1. The highest BCUT2D eigenvalue weighted by molar-refractivity contribution is 6.32. The molecule has 1 atom stereocenters. The van der Waals surface area contributed by atoms with Crippen LogP contribution in [0.1, 0.15) is 13.3 Å². The second kappa shape index (κ2) is 5.37. The predicted octanol–water partition coefficient (Wildman–Crippen LogP) is 2.17. The Kier molecular flexibility index (Phi) is 4.35. The Balaban J connectivity index is 2.73. The lowest BCUT2D eigenvalue weighted by molar-refractivity contribution is -0.136. The molecule has 0 fully saturated rings. The molecule has 0 aromatic carbocycles. The molecule has 0 spiro atoms. The normalized spacial score (nSPS) is 13.3. The van der Waals surface area contributed by atoms with Crippen molar-refractivity contribution in [3.8, 4) is 0 Å². The highest BCUT2D eigenvalue weighted by atomic mass is 35.5. The Labute approximate surface area is 101 Å². The van der Waals surface area contributed by atoms with E-state index in [1.807, 2.05) is 0 Å². The third-order valence-corrected chi connectivity index (χ3v) is 2.07. The first-order chi connectivity index (χ1) is 7.81. The summed E-state index contributed by atoms with van der Waals surface area (Å²) < 4.78 is 36.4. The molecule has 4 N–H and O–H groups in total. The number of nitrogen functional groups attached to an aromatic ring is 1. The number of rotatable bonds is 4. The molecule has 9 heteroatoms. The zero-order valence-electron chi connectivity index (χ0n) is 8.85. The van der Waals surface area contributed by atoms with Crippen molar-refractivity contribution in [2.45, 2.75) is 25.6 Å². The first-order valence-electron chi connectivity index (χ1n) is 4.64. The molecule has 96 valence electrons. The van der Waals surface area contributed by atoms with E-state index >= 15 is 0 Å². The minimum Gasteiger partial charge on any atom is -0.366 e. The van der Waals surface area contributed by atoms with Gasteiger partial charge in [-0.1, -0.05) is 11.6 Å². The number of aromatic nitrogens is 2. The highest BCUT2D eigenvalue weighted by Gasteiger charge is 2.30. The van der Waals surface area contributed by atoms with Crippen LogP contribution >= 0.6 is 11.6 Å². The summed E-state index contributed by atoms with van der Waals surface area (Å²) in [5.41, 5.74) is 2.17. The third-order valence-electron chi connectivity index (χ3n) is 1.79. The van der Waals surface area contributed by atoms with Crippen LogP contribution < -0.4 is 16.6 Å². The Morgan fingerprint density at radius 1 is 1.53 bits per heavy atom. The molecule has 1 heterocycles. The number of hydrogen-bond acceptors (Lipinski definition) is 5. The van der Waals surface area contributed by atoms with Crippen molar-refractivity contribution in [3.05, 3.63) is 11.2 Å². The van der Waals surface area contributed by atoms with Gasteiger partial charge in [-0.25, -0.2) is 10.8 Å². The second-order valence-electron chi connectivity index (χ2n) is 3.40. The minimum absolute atomic E-state index is 0.0658. The molecule has 0 amide bonds. The van der Waals surface area contributed by atoms with E-state index in [1.165, 1.54) is 13.1 Å². The summed E-state index contributed by atoms with van der Waals surface area (Å²) in [6.45, 7) is 1.38. The van der Waals surface area contributed by atoms with Gasteiger partial charge in [-0.05, 0) is 6.92 Å². The molecule has 0 saturated heterocycles. The smallest absolute Gasteiger partial charge is 0.366 e. The number of hydrazine groups is 1. The number of nitrogens with one attached hydrogen (secondary N) is 2. The number of alkyl halides is 3. The van der Waals surface area contributed by atoms with Gasteiger partial charge in [-0.15, -0.1) is 0 Å². The van der Waals surface area contributed by atoms with Crippen molar-refractivity contribution in [1.82, 2.24) is 9.97 Å². The lowest BCUT2D eigenvalue weighted by Crippen LogP contribution is -2.24. The van der Waals surface area contributed by atoms with Gasteiger partial charge < -0.3 is 5.32 Å². The van der Waals surface area contributed by atoms with Crippen LogP contribution in [0, 0.1) is 0 Å². The summed E-state index contributed by atoms with van der Waals surface area (Å²) >= 11 is 5.73. The van der Waals surface area contributed by atoms with Gasteiger partial charge in [0, 0.05) is 6.04 Å². The van der Waals surface area contributed by atoms with Crippen LogP contribution in [0.3, 0.4) is 0 Å². The number of halogens is 4. The summed E-state index contributed by atoms with van der Waals surface area (Å²) in [6.07, 6.45) is -3.99. The van der Waals surface area contributed by atoms with Crippen molar-refractivity contribution in [2.24, 2.45) is 5.84 Å². The largest absolute Gasteiger partial charge is 0.391 e. The molecule has 1 aromatic heterocycles. The van der Waals surface area contributed by atoms with Crippen LogP contribution in [-0.4, -0.2) is 22.2 Å². The van der Waals surface area contributed by atoms with Crippen molar-refractivity contribution in [1.29, 1.82) is 0 Å². The lowest BCUT2D eigenvalue weighted by atomic mass is 10.2. The summed E-state index contributed by atoms with van der Waals surface area (Å²) in [5, 5.41) is 2.67. The summed E-state index contributed by atoms with van der Waals surface area (Å²) in [5.74, 6) is 5.24. The molecule has 0 radical (unpaired) electrons. The molecule has 0 aliphatic carbocycles. The number of nitrogens with zero attached hydrogens (tertiary/aromatic N) is 2. The summed E-state index contributed by atoms with van der Waals surface area (Å²) in [6, 6.07) is -0.854. The van der Waals surface area contributed by atoms with Crippen LogP contribution in [0.5, 0.6) is 0 Å². The van der Waals surface area contributed by atoms with Crippen LogP contribution in [-0.2, 0) is 0 Å². The van der Waals surface area contributed by atoms with Crippen molar-refractivity contribution in [3.63, 3.8) is 0 Å². The molecule has 0 aliphatic rings. The molecule has 0 bridgehead atoms. The molecular weight excluding hydrogens is 259 g/mol. The molecule has 0 saturated carbocycles. The van der Waals surface area contributed by atoms with Gasteiger partial charge in [0.25, 0.3) is 0 Å². The quantitative estimate of drug-likeness (QED) is 0.577. The zero-order valence-corrected chi connectivity index (χ0v) is 9.60. The van der Waals surface area contributed by atoms with Gasteiger partial charge in [0.2, 0.25) is 5.95 Å². The second-order valence-corrected chi connectivity index (χ2v) is 3.81. The van der Waals surface area contributed by atoms with E-state index in [0.29, 0.717) is 0 Å². The van der Waals surface area contributed by atoms with Crippen LogP contribution in [0.2, 0.25) is 5.02 Å². The fraction of sp³-hybridized carbons (Fsp3) is 0.500. The van der Waals surface area contributed by atoms with Gasteiger partial charge in [0.15, 0.2) is 5.82 Å². The van der Waals surface area contributed by atoms with E-state index in [1.54, 1.807) is 0 Å². The van der Waals surface area contributed by atoms with Gasteiger partial charge in [-0.2, -0.15) is 18.2 Å². The summed E-state index contributed by atoms with van der Waals surface area (Å²) in [7, 11) is 0. The highest BCUT2D eigenvalue weighted by Crippen LogP contribution is 2.25. The van der Waals surface area contributed by atoms with Gasteiger partial charge in [-0.3, -0.25) is 5.43 Å². The predicted molar refractivity (Wildman–Crippen MR) is 58.6 cm³/mol. The van der Waals surface area contributed by atoms with Crippen molar-refractivity contribution < 1.29 is 13.2 Å². The standard InChI is InChI=1S/C8H11ClF3N5/c1-4(2-8(10,11)12)15-6-5(9)3-14-7(16-6)17-13/h3-4H,2,13H2,1H3,(H2,14,15,16,17). The van der Waals surface area contributed by atoms with Crippen LogP contribution in [0.15, 0.2) is 6.20 Å². The molecular formula is C8H11ClF3N5. The fourth-order valence-electron chi connectivity index (χ4n) is 1.17. The van der Waals surface area contributed by atoms with Crippen molar-refractivity contribution >= 4 is 23.4 Å². The van der Waals surface area contributed by atoms with E-state index in [4.69, 9.17) is 17.4 Å². The Hall–Kier alpha value is -1.28. The zero-order chi connectivity index (χ0) is 13.1. The first-order valence-corrected chi connectivity index (χ1v) is 5.02. The van der Waals surface area contributed by atoms with Crippen LogP contribution in [0.4, 0.5) is 24.9 Å². The van der Waals surface area contributed by atoms with Crippen molar-refractivity contribution in [2.75, 3.05) is 10.7 Å². The van der Waals surface area contributed by atoms with Gasteiger partial charge >= 0.3 is 6.18 Å². The Bertz CT molecular complexity index is 384. The third kappa shape index (κ3) is 4.61. The van der Waals surface area contributed by atoms with E-state index in [0.717, 1.165) is 0 Å². The molecule has 0 aliphatic heterocycles. The maximum Gasteiger partial charge on any atom is 0.391 e. The van der Waals surface area contributed by atoms with Gasteiger partial charge in [0.1, 0.15) is 5.02 Å². The van der Waals surface area contributed by atoms with Gasteiger partial charge in [0.05, 0.1) is 12.6 Å². The average molecular weight is 270 g/mol. The molecule has 1 rings (SSSR count). The van der Waals surface area contributed by atoms with E-state index in [2.05, 4.69) is 20.7 Å². The van der Waals surface area contributed by atoms with E-state index < -0.39 is 18.6 Å². The number of hydrogen-bond donors (Lipinski definition) is 3. The van der Waals surface area contributed by atoms with E-state index in [9.17, 15) is 13.2 Å². The molecule has 17 heavy (non-hydrogen) atoms. The number of anilines is 2. The lowest BCUT2D eigenvalue weighted by Gasteiger charge is -2.17. The summed E-state index contributed by atoms with van der Waals surface area (Å²) in [4.78, 5) is 7.50. The minimum atomic E-state index is -4.25. The average Bonchev–Trinajstić information content (AvgIpc) is 2.18. The number of nitrogens with two attached hydrogens (primary N) is 1. The molecule has 5 nitrogen and oxygen atoms in total. The topological polar surface area (TPSA) is 75.9 Å². The molecule has 1 aromatic rings. The monoisotopic (exact) mass is 269 g/mol. The van der Waals surface area contributed by atoms with Crippen LogP contribution in [0.25, 0.3) is 0 Å². The molecule has 1 unspecified atom stereocenters. The Morgan fingerprint density at radius 2 is 2.18 bits per heavy atom. The first kappa shape index (κ1) is 13.8. The Morgan fingerprint density at radius 3 is 2.71 bits per heavy atom. The van der Waals surface area contributed by atoms with E-state index in [-0.39, 0.29) is 16.8 Å². The fourth-order valence-corrected chi connectivity index (χ4v) is 1.32. The maximum absolute atomic E-state index is 12.1.